The summed E-state index contributed by atoms with van der Waals surface area (Å²) in [6.07, 6.45) is 0.637. The highest BCUT2D eigenvalue weighted by atomic mass is 35.5. The molecule has 0 radical (unpaired) electrons. The highest BCUT2D eigenvalue weighted by molar-refractivity contribution is 7.89. The summed E-state index contributed by atoms with van der Waals surface area (Å²) in [5, 5.41) is 5.61. The number of halogens is 1. The molecule has 4 rings (SSSR count). The lowest BCUT2D eigenvalue weighted by molar-refractivity contribution is -0.120. The number of fused-ring (bicyclic) bond motifs is 1. The van der Waals surface area contributed by atoms with Crippen LogP contribution in [0.3, 0.4) is 0 Å². The molecule has 0 bridgehead atoms. The standard InChI is InChI=1S/C22H19ClN2O4S/c23-19-12-17(15-4-2-1-3-5-15)7-9-21(19)29-14-22(26)25-11-10-16-6-8-18(13-20(16)25)30(24,27)28/h1-9,12-13H,10-11,14H2,(H2,24,27,28). The Kier molecular flexibility index (Phi) is 5.51. The maximum Gasteiger partial charge on any atom is 0.264 e. The summed E-state index contributed by atoms with van der Waals surface area (Å²) in [4.78, 5) is 14.2. The number of carbonyl (C=O) groups excluding carboxylic acids is 1. The van der Waals surface area contributed by atoms with Gasteiger partial charge in [-0.15, -0.1) is 0 Å². The Hall–Kier alpha value is -2.87. The first-order valence-corrected chi connectivity index (χ1v) is 11.2. The summed E-state index contributed by atoms with van der Waals surface area (Å²) in [5.74, 6) is 0.117. The zero-order valence-electron chi connectivity index (χ0n) is 15.9. The SMILES string of the molecule is NS(=O)(=O)c1ccc2c(c1)N(C(=O)COc1ccc(-c3ccccc3)cc1Cl)CC2. The molecule has 0 spiro atoms. The van der Waals surface area contributed by atoms with Crippen molar-refractivity contribution < 1.29 is 17.9 Å². The number of sulfonamides is 1. The van der Waals surface area contributed by atoms with Crippen molar-refractivity contribution in [1.82, 2.24) is 0 Å². The number of nitrogens with two attached hydrogens (primary N) is 1. The minimum atomic E-state index is -3.85. The van der Waals surface area contributed by atoms with Gasteiger partial charge in [-0.25, -0.2) is 13.6 Å². The first-order valence-electron chi connectivity index (χ1n) is 9.27. The van der Waals surface area contributed by atoms with Gasteiger partial charge >= 0.3 is 0 Å². The number of carbonyl (C=O) groups is 1. The van der Waals surface area contributed by atoms with Gasteiger partial charge in [0.25, 0.3) is 5.91 Å². The second-order valence-electron chi connectivity index (χ2n) is 6.93. The zero-order valence-corrected chi connectivity index (χ0v) is 17.5. The van der Waals surface area contributed by atoms with Gasteiger partial charge in [0.2, 0.25) is 10.0 Å². The topological polar surface area (TPSA) is 89.7 Å². The van der Waals surface area contributed by atoms with Crippen molar-refractivity contribution in [3.05, 3.63) is 77.3 Å². The van der Waals surface area contributed by atoms with Crippen LogP contribution >= 0.6 is 11.6 Å². The van der Waals surface area contributed by atoms with Crippen molar-refractivity contribution in [3.8, 4) is 16.9 Å². The van der Waals surface area contributed by atoms with Crippen LogP contribution < -0.4 is 14.8 Å². The fourth-order valence-electron chi connectivity index (χ4n) is 3.44. The van der Waals surface area contributed by atoms with Gasteiger partial charge in [-0.05, 0) is 47.4 Å². The van der Waals surface area contributed by atoms with E-state index >= 15 is 0 Å². The molecule has 30 heavy (non-hydrogen) atoms. The van der Waals surface area contributed by atoms with Crippen LogP contribution in [0.25, 0.3) is 11.1 Å². The smallest absolute Gasteiger partial charge is 0.264 e. The van der Waals surface area contributed by atoms with Gasteiger partial charge in [-0.1, -0.05) is 54.1 Å². The van der Waals surface area contributed by atoms with E-state index in [1.807, 2.05) is 36.4 Å². The highest BCUT2D eigenvalue weighted by Gasteiger charge is 2.26. The van der Waals surface area contributed by atoms with E-state index in [0.29, 0.717) is 29.4 Å². The van der Waals surface area contributed by atoms with Crippen molar-refractivity contribution in [3.63, 3.8) is 0 Å². The van der Waals surface area contributed by atoms with E-state index in [0.717, 1.165) is 16.7 Å². The lowest BCUT2D eigenvalue weighted by Gasteiger charge is -2.18. The Labute approximate surface area is 179 Å². The quantitative estimate of drug-likeness (QED) is 0.653. The Morgan fingerprint density at radius 1 is 1.03 bits per heavy atom. The van der Waals surface area contributed by atoms with Gasteiger partial charge in [0.1, 0.15) is 5.75 Å². The van der Waals surface area contributed by atoms with Crippen LogP contribution in [0.4, 0.5) is 5.69 Å². The Balaban J connectivity index is 1.48. The fourth-order valence-corrected chi connectivity index (χ4v) is 4.21. The molecule has 8 heteroatoms. The molecule has 0 unspecified atom stereocenters. The summed E-state index contributed by atoms with van der Waals surface area (Å²) < 4.78 is 28.9. The number of primary sulfonamides is 1. The van der Waals surface area contributed by atoms with Crippen molar-refractivity contribution in [2.75, 3.05) is 18.1 Å². The average molecular weight is 443 g/mol. The van der Waals surface area contributed by atoms with Gasteiger partial charge in [0.15, 0.2) is 6.61 Å². The van der Waals surface area contributed by atoms with Crippen LogP contribution in [-0.4, -0.2) is 27.5 Å². The van der Waals surface area contributed by atoms with E-state index in [9.17, 15) is 13.2 Å². The van der Waals surface area contributed by atoms with Crippen LogP contribution in [0.5, 0.6) is 5.75 Å². The number of rotatable bonds is 5. The summed E-state index contributed by atoms with van der Waals surface area (Å²) in [6, 6.07) is 19.8. The number of hydrogen-bond donors (Lipinski definition) is 1. The Morgan fingerprint density at radius 3 is 2.50 bits per heavy atom. The molecule has 1 aliphatic heterocycles. The van der Waals surface area contributed by atoms with Crippen molar-refractivity contribution in [2.24, 2.45) is 5.14 Å². The third kappa shape index (κ3) is 4.18. The van der Waals surface area contributed by atoms with E-state index in [1.54, 1.807) is 18.2 Å². The molecule has 0 aromatic heterocycles. The fraction of sp³-hybridized carbons (Fsp3) is 0.136. The summed E-state index contributed by atoms with van der Waals surface area (Å²) in [7, 11) is -3.85. The predicted molar refractivity (Wildman–Crippen MR) is 116 cm³/mol. The van der Waals surface area contributed by atoms with Crippen LogP contribution in [-0.2, 0) is 21.2 Å². The van der Waals surface area contributed by atoms with Crippen molar-refractivity contribution >= 4 is 33.2 Å². The monoisotopic (exact) mass is 442 g/mol. The van der Waals surface area contributed by atoms with Gasteiger partial charge in [-0.2, -0.15) is 0 Å². The van der Waals surface area contributed by atoms with Crippen LogP contribution in [0, 0.1) is 0 Å². The van der Waals surface area contributed by atoms with Crippen molar-refractivity contribution in [1.29, 1.82) is 0 Å². The maximum atomic E-state index is 12.7. The van der Waals surface area contributed by atoms with E-state index in [4.69, 9.17) is 21.5 Å². The third-order valence-corrected chi connectivity index (χ3v) is 6.18. The minimum absolute atomic E-state index is 0.0265. The molecule has 1 amide bonds. The van der Waals surface area contributed by atoms with Gasteiger partial charge in [0.05, 0.1) is 9.92 Å². The van der Waals surface area contributed by atoms with E-state index in [2.05, 4.69) is 0 Å². The molecular formula is C22H19ClN2O4S. The van der Waals surface area contributed by atoms with Crippen LogP contribution in [0.1, 0.15) is 5.56 Å². The predicted octanol–water partition coefficient (Wildman–Crippen LogP) is 3.62. The number of benzene rings is 3. The number of anilines is 1. The Morgan fingerprint density at radius 2 is 1.80 bits per heavy atom. The van der Waals surface area contributed by atoms with E-state index < -0.39 is 10.0 Å². The molecule has 0 saturated heterocycles. The number of amides is 1. The summed E-state index contributed by atoms with van der Waals surface area (Å²) >= 11 is 6.34. The molecule has 2 N–H and O–H groups in total. The number of nitrogens with zero attached hydrogens (tertiary/aromatic N) is 1. The van der Waals surface area contributed by atoms with Crippen molar-refractivity contribution in [2.45, 2.75) is 11.3 Å². The molecule has 3 aromatic carbocycles. The highest BCUT2D eigenvalue weighted by Crippen LogP contribution is 2.32. The largest absolute Gasteiger partial charge is 0.482 e. The number of hydrogen-bond acceptors (Lipinski definition) is 4. The first-order chi connectivity index (χ1) is 14.3. The second kappa shape index (κ2) is 8.10. The van der Waals surface area contributed by atoms with E-state index in [1.165, 1.54) is 17.0 Å². The zero-order chi connectivity index (χ0) is 21.3. The average Bonchev–Trinajstić information content (AvgIpc) is 3.16. The molecule has 154 valence electrons. The molecule has 1 aliphatic rings. The minimum Gasteiger partial charge on any atom is -0.482 e. The lowest BCUT2D eigenvalue weighted by Crippen LogP contribution is -2.33. The maximum absolute atomic E-state index is 12.7. The lowest BCUT2D eigenvalue weighted by atomic mass is 10.1. The summed E-state index contributed by atoms with van der Waals surface area (Å²) in [5.41, 5.74) is 3.41. The van der Waals surface area contributed by atoms with Gasteiger partial charge in [-0.3, -0.25) is 4.79 Å². The molecule has 0 aliphatic carbocycles. The van der Waals surface area contributed by atoms with Crippen LogP contribution in [0.2, 0.25) is 5.02 Å². The molecule has 0 saturated carbocycles. The normalized spacial score (nSPS) is 13.2. The molecular weight excluding hydrogens is 424 g/mol. The van der Waals surface area contributed by atoms with E-state index in [-0.39, 0.29) is 17.4 Å². The third-order valence-electron chi connectivity index (χ3n) is 4.97. The van der Waals surface area contributed by atoms with Gasteiger partial charge < -0.3 is 9.64 Å². The molecule has 0 fully saturated rings. The van der Waals surface area contributed by atoms with Gasteiger partial charge in [0, 0.05) is 12.2 Å². The second-order valence-corrected chi connectivity index (χ2v) is 8.90. The molecule has 3 aromatic rings. The summed E-state index contributed by atoms with van der Waals surface area (Å²) in [6.45, 7) is 0.232. The van der Waals surface area contributed by atoms with Crippen LogP contribution in [0.15, 0.2) is 71.6 Å². The molecule has 0 atom stereocenters. The molecule has 6 nitrogen and oxygen atoms in total. The number of ether oxygens (including phenoxy) is 1. The Bertz CT molecular complexity index is 1210. The first kappa shape index (κ1) is 20.4. The molecule has 1 heterocycles.